The first kappa shape index (κ1) is 36.5. The number of anilines is 2. The second kappa shape index (κ2) is 13.7. The normalized spacial score (nSPS) is 20.2. The number of nitriles is 1. The van der Waals surface area contributed by atoms with Crippen molar-refractivity contribution in [2.24, 2.45) is 0 Å². The second-order valence-electron chi connectivity index (χ2n) is 14.1. The molecule has 2 N–H and O–H groups in total. The highest BCUT2D eigenvalue weighted by Crippen LogP contribution is 2.48. The van der Waals surface area contributed by atoms with Crippen LogP contribution in [-0.4, -0.2) is 78.0 Å². The number of amides is 1. The van der Waals surface area contributed by atoms with Gasteiger partial charge in [0.2, 0.25) is 0 Å². The van der Waals surface area contributed by atoms with E-state index in [4.69, 9.17) is 9.47 Å². The number of halogens is 5. The molecule has 2 aromatic carbocycles. The highest BCUT2D eigenvalue weighted by Gasteiger charge is 2.39. The van der Waals surface area contributed by atoms with Crippen LogP contribution in [0, 0.1) is 23.0 Å². The first-order chi connectivity index (χ1) is 24.0. The minimum Gasteiger partial charge on any atom is -0.462 e. The molecule has 2 saturated heterocycles. The van der Waals surface area contributed by atoms with Crippen LogP contribution in [0.25, 0.3) is 32.1 Å². The molecule has 16 heteroatoms. The summed E-state index contributed by atoms with van der Waals surface area (Å²) in [6.45, 7) is 10.6. The van der Waals surface area contributed by atoms with E-state index < -0.39 is 51.7 Å². The van der Waals surface area contributed by atoms with Crippen molar-refractivity contribution in [3.63, 3.8) is 0 Å². The third-order valence-corrected chi connectivity index (χ3v) is 10.2. The second-order valence-corrected chi connectivity index (χ2v) is 15.1. The van der Waals surface area contributed by atoms with E-state index in [1.165, 1.54) is 0 Å². The quantitative estimate of drug-likeness (QED) is 0.193. The Kier molecular flexibility index (Phi) is 9.77. The minimum absolute atomic E-state index is 0.0482. The third-order valence-electron chi connectivity index (χ3n) is 9.10. The zero-order valence-corrected chi connectivity index (χ0v) is 29.8. The van der Waals surface area contributed by atoms with Gasteiger partial charge in [0.1, 0.15) is 40.4 Å². The Balaban J connectivity index is 1.60. The van der Waals surface area contributed by atoms with Crippen LogP contribution in [0.3, 0.4) is 0 Å². The standard InChI is InChI=1S/C35H38F5N7O3S/c1-17-15-47(18(2)14-42-17)30-21-12-23(35(38,39)40)26(27(37)28(21)43-32(44-30)49-16-19-8-7-11-46(19)6)20-9-10-24(36)29-25(20)22(13-41)31(51-29)45-33(48)50-34(3,4)5/h9-10,12,17-19,42H,7-8,11,14-16H2,1-6H3,(H,45,48)/t17-,18+,19+/m1/s1. The molecule has 2 aliphatic heterocycles. The number of benzene rings is 2. The molecule has 6 rings (SSSR count). The van der Waals surface area contributed by atoms with Gasteiger partial charge in [-0.05, 0) is 78.7 Å². The Morgan fingerprint density at radius 2 is 1.94 bits per heavy atom. The van der Waals surface area contributed by atoms with Gasteiger partial charge in [-0.25, -0.2) is 13.6 Å². The SMILES string of the molecule is C[C@@H]1CN(c2nc(OC[C@@H]3CCCN3C)nc3c(F)c(-c4ccc(F)c5sc(NC(=O)OC(C)(C)C)c(C#N)c45)c(C(F)(F)F)cc23)[C@@H](C)CN1. The van der Waals surface area contributed by atoms with Crippen LogP contribution in [0.4, 0.5) is 37.6 Å². The number of alkyl halides is 3. The predicted octanol–water partition coefficient (Wildman–Crippen LogP) is 7.69. The zero-order chi connectivity index (χ0) is 37.0. The topological polar surface area (TPSA) is 116 Å². The predicted molar refractivity (Wildman–Crippen MR) is 185 cm³/mol. The molecule has 51 heavy (non-hydrogen) atoms. The number of likely N-dealkylation sites (N-methyl/N-ethyl adjacent to an activating group) is 1. The Morgan fingerprint density at radius 3 is 2.59 bits per heavy atom. The number of nitrogens with zero attached hydrogens (tertiary/aromatic N) is 5. The van der Waals surface area contributed by atoms with Crippen LogP contribution >= 0.6 is 11.3 Å². The maximum atomic E-state index is 17.2. The van der Waals surface area contributed by atoms with Gasteiger partial charge < -0.3 is 24.6 Å². The fraction of sp³-hybridized carbons (Fsp3) is 0.486. The molecule has 4 aromatic rings. The summed E-state index contributed by atoms with van der Waals surface area (Å²) in [5.74, 6) is -2.12. The summed E-state index contributed by atoms with van der Waals surface area (Å²) in [5, 5.41) is 15.3. The summed E-state index contributed by atoms with van der Waals surface area (Å²) in [7, 11) is 1.96. The van der Waals surface area contributed by atoms with Gasteiger partial charge in [-0.1, -0.05) is 6.07 Å². The molecule has 2 aromatic heterocycles. The van der Waals surface area contributed by atoms with Crippen LogP contribution in [-0.2, 0) is 10.9 Å². The summed E-state index contributed by atoms with van der Waals surface area (Å²) in [5.41, 5.74) is -4.38. The monoisotopic (exact) mass is 731 g/mol. The summed E-state index contributed by atoms with van der Waals surface area (Å²) >= 11 is 0.629. The van der Waals surface area contributed by atoms with E-state index >= 15 is 22.0 Å². The van der Waals surface area contributed by atoms with E-state index in [-0.39, 0.29) is 62.6 Å². The maximum absolute atomic E-state index is 17.2. The number of thiophene rings is 1. The number of hydrogen-bond acceptors (Lipinski definition) is 10. The van der Waals surface area contributed by atoms with Crippen LogP contribution in [0.2, 0.25) is 0 Å². The van der Waals surface area contributed by atoms with Gasteiger partial charge in [-0.2, -0.15) is 28.4 Å². The lowest BCUT2D eigenvalue weighted by atomic mass is 9.92. The largest absolute Gasteiger partial charge is 0.462 e. The molecule has 10 nitrogen and oxygen atoms in total. The summed E-state index contributed by atoms with van der Waals surface area (Å²) < 4.78 is 88.8. The Bertz CT molecular complexity index is 2040. The molecule has 3 atom stereocenters. The van der Waals surface area contributed by atoms with Crippen LogP contribution < -0.4 is 20.3 Å². The molecule has 1 amide bonds. The Hall–Kier alpha value is -4.33. The molecule has 4 heterocycles. The first-order valence-electron chi connectivity index (χ1n) is 16.6. The van der Waals surface area contributed by atoms with Crippen molar-refractivity contribution in [3.8, 4) is 23.2 Å². The van der Waals surface area contributed by atoms with E-state index in [0.29, 0.717) is 24.4 Å². The van der Waals surface area contributed by atoms with Crippen LogP contribution in [0.5, 0.6) is 6.01 Å². The average Bonchev–Trinajstić information content (AvgIpc) is 3.63. The molecular weight excluding hydrogens is 693 g/mol. The number of ether oxygens (including phenoxy) is 2. The molecule has 0 aliphatic carbocycles. The van der Waals surface area contributed by atoms with Crippen molar-refractivity contribution in [2.45, 2.75) is 77.4 Å². The lowest BCUT2D eigenvalue weighted by molar-refractivity contribution is -0.137. The van der Waals surface area contributed by atoms with E-state index in [0.717, 1.165) is 37.6 Å². The third kappa shape index (κ3) is 7.24. The number of aromatic nitrogens is 2. The lowest BCUT2D eigenvalue weighted by Crippen LogP contribution is -2.54. The van der Waals surface area contributed by atoms with Crippen LogP contribution in [0.15, 0.2) is 18.2 Å². The number of nitrogens with one attached hydrogen (secondary N) is 2. The molecule has 0 spiro atoms. The average molecular weight is 732 g/mol. The van der Waals surface area contributed by atoms with Gasteiger partial charge in [-0.3, -0.25) is 5.32 Å². The minimum atomic E-state index is -5.10. The zero-order valence-electron chi connectivity index (χ0n) is 29.0. The van der Waals surface area contributed by atoms with Gasteiger partial charge in [0.05, 0.1) is 15.8 Å². The van der Waals surface area contributed by atoms with Crippen molar-refractivity contribution in [3.05, 3.63) is 41.0 Å². The van der Waals surface area contributed by atoms with E-state index in [2.05, 4.69) is 25.5 Å². The van der Waals surface area contributed by atoms with Gasteiger partial charge in [0.25, 0.3) is 0 Å². The molecule has 2 aliphatic rings. The summed E-state index contributed by atoms with van der Waals surface area (Å²) in [4.78, 5) is 25.5. The number of hydrogen-bond donors (Lipinski definition) is 2. The molecule has 272 valence electrons. The smallest absolute Gasteiger partial charge is 0.417 e. The van der Waals surface area contributed by atoms with Gasteiger partial charge in [-0.15, -0.1) is 11.3 Å². The van der Waals surface area contributed by atoms with Crippen molar-refractivity contribution in [1.29, 1.82) is 5.26 Å². The van der Waals surface area contributed by atoms with E-state index in [1.807, 2.05) is 31.9 Å². The summed E-state index contributed by atoms with van der Waals surface area (Å²) in [6, 6.07) is 4.16. The number of fused-ring (bicyclic) bond motifs is 2. The summed E-state index contributed by atoms with van der Waals surface area (Å²) in [6.07, 6.45) is -4.23. The molecule has 0 bridgehead atoms. The van der Waals surface area contributed by atoms with E-state index in [9.17, 15) is 10.1 Å². The van der Waals surface area contributed by atoms with Crippen molar-refractivity contribution in [2.75, 3.05) is 43.5 Å². The molecule has 0 saturated carbocycles. The highest BCUT2D eigenvalue weighted by atomic mass is 32.1. The molecule has 2 fully saturated rings. The Labute approximate surface area is 295 Å². The number of carbonyl (C=O) groups is 1. The van der Waals surface area contributed by atoms with E-state index in [1.54, 1.807) is 20.8 Å². The Morgan fingerprint density at radius 1 is 1.20 bits per heavy atom. The van der Waals surface area contributed by atoms with Crippen molar-refractivity contribution < 1.29 is 36.2 Å². The number of likely N-dealkylation sites (tertiary alicyclic amines) is 1. The van der Waals surface area contributed by atoms with Gasteiger partial charge >= 0.3 is 18.3 Å². The van der Waals surface area contributed by atoms with Gasteiger partial charge in [0.15, 0.2) is 5.82 Å². The highest BCUT2D eigenvalue weighted by molar-refractivity contribution is 7.23. The van der Waals surface area contributed by atoms with Crippen molar-refractivity contribution >= 4 is 49.2 Å². The van der Waals surface area contributed by atoms with Crippen LogP contribution in [0.1, 0.15) is 58.6 Å². The number of carbonyl (C=O) groups excluding carboxylic acids is 1. The number of rotatable bonds is 6. The maximum Gasteiger partial charge on any atom is 0.417 e. The van der Waals surface area contributed by atoms with Crippen molar-refractivity contribution in [1.82, 2.24) is 20.2 Å². The molecular formula is C35H38F5N7O3S. The first-order valence-corrected chi connectivity index (χ1v) is 17.4. The molecule has 0 unspecified atom stereocenters. The lowest BCUT2D eigenvalue weighted by Gasteiger charge is -2.39. The fourth-order valence-corrected chi connectivity index (χ4v) is 7.68. The molecule has 0 radical (unpaired) electrons. The number of piperazine rings is 1. The fourth-order valence-electron chi connectivity index (χ4n) is 6.61. The van der Waals surface area contributed by atoms with Gasteiger partial charge in [0, 0.05) is 47.6 Å².